The van der Waals surface area contributed by atoms with E-state index in [0.717, 1.165) is 32.2 Å². The van der Waals surface area contributed by atoms with Crippen molar-refractivity contribution in [2.24, 2.45) is 0 Å². The molecular weight excluding hydrogens is 323 g/mol. The molecule has 0 bridgehead atoms. The van der Waals surface area contributed by atoms with Gasteiger partial charge in [0.15, 0.2) is 0 Å². The molecule has 0 N–H and O–H groups in total. The Morgan fingerprint density at radius 2 is 1.88 bits per heavy atom. The van der Waals surface area contributed by atoms with Crippen LogP contribution in [0.5, 0.6) is 0 Å². The summed E-state index contributed by atoms with van der Waals surface area (Å²) in [5.74, 6) is 0.682. The summed E-state index contributed by atoms with van der Waals surface area (Å²) in [6.45, 7) is 3.57. The maximum atomic E-state index is 13.0. The third-order valence-corrected chi connectivity index (χ3v) is 4.85. The molecule has 1 aromatic heterocycles. The summed E-state index contributed by atoms with van der Waals surface area (Å²) < 4.78 is 18.2. The fourth-order valence-electron chi connectivity index (χ4n) is 3.22. The summed E-state index contributed by atoms with van der Waals surface area (Å²) in [6.07, 6.45) is 3.41. The number of halogens is 1. The minimum atomic E-state index is -0.306. The summed E-state index contributed by atoms with van der Waals surface area (Å²) in [5.41, 5.74) is 0.693. The molecule has 1 aromatic carbocycles. The Hall–Kier alpha value is -2.28. The normalized spacial score (nSPS) is 18.5. The van der Waals surface area contributed by atoms with Crippen LogP contribution in [0.3, 0.4) is 0 Å². The van der Waals surface area contributed by atoms with Crippen LogP contribution in [-0.4, -0.2) is 58.1 Å². The average molecular weight is 344 g/mol. The molecule has 0 radical (unpaired) electrons. The van der Waals surface area contributed by atoms with Crippen LogP contribution in [0.4, 0.5) is 4.39 Å². The Labute approximate surface area is 145 Å². The zero-order valence-electron chi connectivity index (χ0n) is 14.0. The van der Waals surface area contributed by atoms with Crippen LogP contribution in [0.15, 0.2) is 28.8 Å². The van der Waals surface area contributed by atoms with Gasteiger partial charge in [-0.25, -0.2) is 4.39 Å². The van der Waals surface area contributed by atoms with Crippen molar-refractivity contribution in [3.8, 4) is 11.4 Å². The van der Waals surface area contributed by atoms with E-state index < -0.39 is 0 Å². The highest BCUT2D eigenvalue weighted by atomic mass is 19.1. The highest BCUT2D eigenvalue weighted by molar-refractivity contribution is 5.76. The zero-order chi connectivity index (χ0) is 17.2. The van der Waals surface area contributed by atoms with Gasteiger partial charge in [-0.1, -0.05) is 5.16 Å². The van der Waals surface area contributed by atoms with Crippen LogP contribution in [0, 0.1) is 5.82 Å². The fourth-order valence-corrected chi connectivity index (χ4v) is 3.22. The van der Waals surface area contributed by atoms with E-state index in [1.807, 2.05) is 4.90 Å². The lowest BCUT2D eigenvalue weighted by Crippen LogP contribution is -2.49. The van der Waals surface area contributed by atoms with Crippen molar-refractivity contribution >= 4 is 5.91 Å². The van der Waals surface area contributed by atoms with Gasteiger partial charge in [-0.15, -0.1) is 0 Å². The monoisotopic (exact) mass is 344 g/mol. The lowest BCUT2D eigenvalue weighted by atomic mass is 10.2. The smallest absolute Gasteiger partial charge is 0.227 e. The summed E-state index contributed by atoms with van der Waals surface area (Å²) in [7, 11) is 0. The molecule has 1 aliphatic carbocycles. The van der Waals surface area contributed by atoms with E-state index in [1.54, 1.807) is 12.1 Å². The highest BCUT2D eigenvalue weighted by Gasteiger charge is 2.32. The molecule has 25 heavy (non-hydrogen) atoms. The van der Waals surface area contributed by atoms with Gasteiger partial charge in [0.25, 0.3) is 0 Å². The molecule has 1 saturated carbocycles. The first kappa shape index (κ1) is 16.2. The van der Waals surface area contributed by atoms with E-state index >= 15 is 0 Å². The molecule has 132 valence electrons. The van der Waals surface area contributed by atoms with E-state index in [-0.39, 0.29) is 11.7 Å². The average Bonchev–Trinajstić information content (AvgIpc) is 3.39. The molecule has 7 heteroatoms. The number of hydrogen-bond acceptors (Lipinski definition) is 5. The lowest BCUT2D eigenvalue weighted by molar-refractivity contribution is -0.133. The maximum Gasteiger partial charge on any atom is 0.227 e. The minimum absolute atomic E-state index is 0.136. The second-order valence-electron chi connectivity index (χ2n) is 6.67. The Balaban J connectivity index is 1.28. The number of aryl methyl sites for hydroxylation is 1. The van der Waals surface area contributed by atoms with Gasteiger partial charge in [0.2, 0.25) is 17.6 Å². The number of rotatable bonds is 5. The number of carbonyl (C=O) groups excluding carboxylic acids is 1. The van der Waals surface area contributed by atoms with E-state index in [9.17, 15) is 9.18 Å². The number of piperazine rings is 1. The first-order chi connectivity index (χ1) is 12.2. The molecule has 2 heterocycles. The van der Waals surface area contributed by atoms with E-state index in [2.05, 4.69) is 15.0 Å². The van der Waals surface area contributed by atoms with Gasteiger partial charge < -0.3 is 9.42 Å². The Kier molecular flexibility index (Phi) is 4.48. The van der Waals surface area contributed by atoms with E-state index in [4.69, 9.17) is 4.52 Å². The lowest BCUT2D eigenvalue weighted by Gasteiger charge is -2.34. The van der Waals surface area contributed by atoms with Crippen LogP contribution < -0.4 is 0 Å². The van der Waals surface area contributed by atoms with E-state index in [0.29, 0.717) is 30.1 Å². The van der Waals surface area contributed by atoms with Crippen LogP contribution in [0.25, 0.3) is 11.4 Å². The largest absolute Gasteiger partial charge is 0.340 e. The number of carbonyl (C=O) groups is 1. The number of amides is 1. The van der Waals surface area contributed by atoms with Crippen molar-refractivity contribution in [2.45, 2.75) is 31.7 Å². The Morgan fingerprint density at radius 3 is 2.56 bits per heavy atom. The first-order valence-electron chi connectivity index (χ1n) is 8.79. The molecule has 0 atom stereocenters. The molecule has 4 rings (SSSR count). The fraction of sp³-hybridized carbons (Fsp3) is 0.500. The highest BCUT2D eigenvalue weighted by Crippen LogP contribution is 2.27. The second-order valence-corrected chi connectivity index (χ2v) is 6.67. The third-order valence-electron chi connectivity index (χ3n) is 4.85. The standard InChI is InChI=1S/C18H21FN4O2/c19-14-3-1-13(2-4-14)18-20-16(25-21-18)7-8-17(24)23-11-9-22(10-12-23)15-5-6-15/h1-4,15H,5-12H2. The van der Waals surface area contributed by atoms with Crippen molar-refractivity contribution < 1.29 is 13.7 Å². The molecule has 2 aliphatic rings. The van der Waals surface area contributed by atoms with E-state index in [1.165, 1.54) is 25.0 Å². The van der Waals surface area contributed by atoms with Gasteiger partial charge in [-0.05, 0) is 37.1 Å². The number of aromatic nitrogens is 2. The summed E-state index contributed by atoms with van der Waals surface area (Å²) >= 11 is 0. The Bertz CT molecular complexity index is 734. The molecular formula is C18H21FN4O2. The molecule has 0 spiro atoms. The van der Waals surface area contributed by atoms with Gasteiger partial charge in [0.1, 0.15) is 5.82 Å². The van der Waals surface area contributed by atoms with Crippen LogP contribution in [0.1, 0.15) is 25.2 Å². The van der Waals surface area contributed by atoms with Gasteiger partial charge in [0, 0.05) is 50.6 Å². The molecule has 1 saturated heterocycles. The first-order valence-corrected chi connectivity index (χ1v) is 8.79. The van der Waals surface area contributed by atoms with Crippen LogP contribution in [-0.2, 0) is 11.2 Å². The quantitative estimate of drug-likeness (QED) is 0.831. The predicted octanol–water partition coefficient (Wildman–Crippen LogP) is 2.11. The van der Waals surface area contributed by atoms with Crippen molar-refractivity contribution in [2.75, 3.05) is 26.2 Å². The van der Waals surface area contributed by atoms with Crippen molar-refractivity contribution in [1.82, 2.24) is 19.9 Å². The SMILES string of the molecule is O=C(CCc1nc(-c2ccc(F)cc2)no1)N1CCN(C2CC2)CC1. The predicted molar refractivity (Wildman–Crippen MR) is 89.2 cm³/mol. The summed E-state index contributed by atoms with van der Waals surface area (Å²) in [6, 6.07) is 6.69. The maximum absolute atomic E-state index is 13.0. The van der Waals surface area contributed by atoms with Gasteiger partial charge >= 0.3 is 0 Å². The van der Waals surface area contributed by atoms with Gasteiger partial charge in [-0.2, -0.15) is 4.98 Å². The summed E-state index contributed by atoms with van der Waals surface area (Å²) in [5, 5.41) is 3.90. The third kappa shape index (κ3) is 3.87. The van der Waals surface area contributed by atoms with Gasteiger partial charge in [0.05, 0.1) is 0 Å². The zero-order valence-corrected chi connectivity index (χ0v) is 14.0. The van der Waals surface area contributed by atoms with Crippen LogP contribution >= 0.6 is 0 Å². The van der Waals surface area contributed by atoms with Gasteiger partial charge in [-0.3, -0.25) is 9.69 Å². The minimum Gasteiger partial charge on any atom is -0.340 e. The molecule has 6 nitrogen and oxygen atoms in total. The number of benzene rings is 1. The Morgan fingerprint density at radius 1 is 1.16 bits per heavy atom. The van der Waals surface area contributed by atoms with Crippen molar-refractivity contribution in [1.29, 1.82) is 0 Å². The second kappa shape index (κ2) is 6.92. The molecule has 1 aliphatic heterocycles. The molecule has 2 fully saturated rings. The number of nitrogens with zero attached hydrogens (tertiary/aromatic N) is 4. The number of hydrogen-bond donors (Lipinski definition) is 0. The molecule has 1 amide bonds. The molecule has 2 aromatic rings. The van der Waals surface area contributed by atoms with Crippen molar-refractivity contribution in [3.63, 3.8) is 0 Å². The summed E-state index contributed by atoms with van der Waals surface area (Å²) in [4.78, 5) is 21.1. The topological polar surface area (TPSA) is 62.5 Å². The molecule has 0 unspecified atom stereocenters. The van der Waals surface area contributed by atoms with Crippen LogP contribution in [0.2, 0.25) is 0 Å². The van der Waals surface area contributed by atoms with Crippen molar-refractivity contribution in [3.05, 3.63) is 36.0 Å².